The van der Waals surface area contributed by atoms with E-state index in [1.807, 2.05) is 0 Å². The molecule has 9 nitrogen and oxygen atoms in total. The van der Waals surface area contributed by atoms with Gasteiger partial charge in [-0.25, -0.2) is 4.79 Å². The maximum absolute atomic E-state index is 11.6. The number of hydrogen-bond acceptors (Lipinski definition) is 7. The molecule has 2 aromatic carbocycles. The quantitative estimate of drug-likeness (QED) is 0.520. The molecule has 1 N–H and O–H groups in total. The van der Waals surface area contributed by atoms with Crippen molar-refractivity contribution < 1.29 is 24.5 Å². The number of phenols is 1. The van der Waals surface area contributed by atoms with Gasteiger partial charge in [0.2, 0.25) is 0 Å². The van der Waals surface area contributed by atoms with Gasteiger partial charge in [-0.1, -0.05) is 12.1 Å². The second-order valence-electron chi connectivity index (χ2n) is 4.44. The summed E-state index contributed by atoms with van der Waals surface area (Å²) >= 11 is 0. The van der Waals surface area contributed by atoms with Crippen molar-refractivity contribution in [2.24, 2.45) is 0 Å². The average Bonchev–Trinajstić information content (AvgIpc) is 2.53. The fourth-order valence-electron chi connectivity index (χ4n) is 2.06. The molecule has 0 saturated carbocycles. The van der Waals surface area contributed by atoms with E-state index in [0.717, 1.165) is 19.2 Å². The van der Waals surface area contributed by atoms with Crippen molar-refractivity contribution in [2.75, 3.05) is 7.11 Å². The topological polar surface area (TPSA) is 133 Å². The number of hydrogen-bond donors (Lipinski definition) is 1. The largest absolute Gasteiger partial charge is 0.508 e. The number of ether oxygens (including phenoxy) is 1. The Balaban J connectivity index is 2.82. The minimum atomic E-state index is -0.923. The summed E-state index contributed by atoms with van der Waals surface area (Å²) in [5, 5.41) is 31.8. The number of benzene rings is 2. The number of nitro groups is 2. The zero-order chi connectivity index (χ0) is 17.1. The standard InChI is InChI=1S/C14H10N2O7/c1-23-14(18)9-6-11(15(19)20)13(12(7-9)16(21)22)8-2-4-10(17)5-3-8/h2-7,17H,1H3. The van der Waals surface area contributed by atoms with Gasteiger partial charge in [-0.05, 0) is 17.7 Å². The van der Waals surface area contributed by atoms with Crippen LogP contribution in [0.3, 0.4) is 0 Å². The van der Waals surface area contributed by atoms with Crippen LogP contribution in [0.25, 0.3) is 11.1 Å². The summed E-state index contributed by atoms with van der Waals surface area (Å²) in [6.07, 6.45) is 0. The molecule has 0 radical (unpaired) electrons. The van der Waals surface area contributed by atoms with Crippen LogP contribution in [-0.4, -0.2) is 28.0 Å². The van der Waals surface area contributed by atoms with Crippen molar-refractivity contribution in [2.45, 2.75) is 0 Å². The molecular formula is C14H10N2O7. The summed E-state index contributed by atoms with van der Waals surface area (Å²) in [4.78, 5) is 32.5. The highest BCUT2D eigenvalue weighted by Gasteiger charge is 2.29. The number of carbonyl (C=O) groups is 1. The normalized spacial score (nSPS) is 10.1. The number of aromatic hydroxyl groups is 1. The first-order valence-electron chi connectivity index (χ1n) is 6.19. The molecule has 0 aliphatic heterocycles. The lowest BCUT2D eigenvalue weighted by molar-refractivity contribution is -0.392. The van der Waals surface area contributed by atoms with E-state index in [9.17, 15) is 30.1 Å². The maximum Gasteiger partial charge on any atom is 0.338 e. The van der Waals surface area contributed by atoms with E-state index in [2.05, 4.69) is 4.74 Å². The summed E-state index contributed by atoms with van der Waals surface area (Å²) in [6.45, 7) is 0. The lowest BCUT2D eigenvalue weighted by atomic mass is 9.99. The third-order valence-corrected chi connectivity index (χ3v) is 3.07. The summed E-state index contributed by atoms with van der Waals surface area (Å²) in [6, 6.07) is 6.95. The van der Waals surface area contributed by atoms with Crippen molar-refractivity contribution in [3.05, 3.63) is 62.2 Å². The van der Waals surface area contributed by atoms with E-state index >= 15 is 0 Å². The number of nitro benzene ring substituents is 2. The van der Waals surface area contributed by atoms with Gasteiger partial charge in [0.25, 0.3) is 11.4 Å². The first kappa shape index (κ1) is 15.9. The Morgan fingerprint density at radius 2 is 1.52 bits per heavy atom. The second kappa shape index (κ2) is 6.10. The van der Waals surface area contributed by atoms with E-state index in [0.29, 0.717) is 0 Å². The summed E-state index contributed by atoms with van der Waals surface area (Å²) in [7, 11) is 1.06. The summed E-state index contributed by atoms with van der Waals surface area (Å²) < 4.78 is 4.45. The van der Waals surface area contributed by atoms with Gasteiger partial charge < -0.3 is 9.84 Å². The minimum Gasteiger partial charge on any atom is -0.508 e. The molecule has 0 amide bonds. The Kier molecular flexibility index (Phi) is 4.21. The number of nitrogens with zero attached hydrogens (tertiary/aromatic N) is 2. The Labute approximate surface area is 129 Å². The van der Waals surface area contributed by atoms with E-state index in [-0.39, 0.29) is 22.4 Å². The molecule has 2 aromatic rings. The molecular weight excluding hydrogens is 308 g/mol. The molecule has 118 valence electrons. The predicted molar refractivity (Wildman–Crippen MR) is 78.2 cm³/mol. The number of esters is 1. The van der Waals surface area contributed by atoms with Gasteiger partial charge in [0, 0.05) is 12.1 Å². The minimum absolute atomic E-state index is 0.0924. The molecule has 0 aliphatic rings. The smallest absolute Gasteiger partial charge is 0.338 e. The molecule has 0 unspecified atom stereocenters. The molecule has 0 aromatic heterocycles. The van der Waals surface area contributed by atoms with Crippen molar-refractivity contribution in [3.8, 4) is 16.9 Å². The van der Waals surface area contributed by atoms with Gasteiger partial charge >= 0.3 is 5.97 Å². The van der Waals surface area contributed by atoms with Crippen molar-refractivity contribution in [3.63, 3.8) is 0 Å². The molecule has 0 saturated heterocycles. The number of methoxy groups -OCH3 is 1. The molecule has 2 rings (SSSR count). The third-order valence-electron chi connectivity index (χ3n) is 3.07. The molecule has 0 aliphatic carbocycles. The second-order valence-corrected chi connectivity index (χ2v) is 4.44. The lowest BCUT2D eigenvalue weighted by Crippen LogP contribution is -2.05. The third kappa shape index (κ3) is 3.07. The fraction of sp³-hybridized carbons (Fsp3) is 0.0714. The van der Waals surface area contributed by atoms with Crippen molar-refractivity contribution in [1.82, 2.24) is 0 Å². The van der Waals surface area contributed by atoms with Crippen molar-refractivity contribution >= 4 is 17.3 Å². The fourth-order valence-corrected chi connectivity index (χ4v) is 2.06. The molecule has 0 bridgehead atoms. The average molecular weight is 318 g/mol. The highest BCUT2D eigenvalue weighted by atomic mass is 16.6. The van der Waals surface area contributed by atoms with Crippen LogP contribution in [0.1, 0.15) is 10.4 Å². The number of carbonyl (C=O) groups excluding carboxylic acids is 1. The first-order chi connectivity index (χ1) is 10.8. The molecule has 9 heteroatoms. The van der Waals surface area contributed by atoms with Crippen LogP contribution < -0.4 is 0 Å². The van der Waals surface area contributed by atoms with Crippen LogP contribution in [0.4, 0.5) is 11.4 Å². The predicted octanol–water partition coefficient (Wildman–Crippen LogP) is 2.66. The molecule has 0 atom stereocenters. The Hall–Kier alpha value is -3.49. The van der Waals surface area contributed by atoms with Crippen LogP contribution in [-0.2, 0) is 4.74 Å². The SMILES string of the molecule is COC(=O)c1cc([N+](=O)[O-])c(-c2ccc(O)cc2)c([N+](=O)[O-])c1. The van der Waals surface area contributed by atoms with E-state index in [1.54, 1.807) is 0 Å². The van der Waals surface area contributed by atoms with Crippen LogP contribution in [0, 0.1) is 20.2 Å². The van der Waals surface area contributed by atoms with Crippen LogP contribution in [0.5, 0.6) is 5.75 Å². The highest BCUT2D eigenvalue weighted by molar-refractivity contribution is 5.95. The van der Waals surface area contributed by atoms with Gasteiger partial charge in [0.1, 0.15) is 11.3 Å². The highest BCUT2D eigenvalue weighted by Crippen LogP contribution is 2.39. The first-order valence-corrected chi connectivity index (χ1v) is 6.19. The summed E-state index contributed by atoms with van der Waals surface area (Å²) in [5.41, 5.74) is -1.60. The van der Waals surface area contributed by atoms with Gasteiger partial charge in [-0.15, -0.1) is 0 Å². The molecule has 23 heavy (non-hydrogen) atoms. The molecule has 0 spiro atoms. The van der Waals surface area contributed by atoms with E-state index in [1.165, 1.54) is 24.3 Å². The molecule has 0 heterocycles. The Morgan fingerprint density at radius 3 is 1.91 bits per heavy atom. The zero-order valence-electron chi connectivity index (χ0n) is 11.8. The van der Waals surface area contributed by atoms with Crippen LogP contribution in [0.2, 0.25) is 0 Å². The zero-order valence-corrected chi connectivity index (χ0v) is 11.8. The number of phenolic OH excluding ortho intramolecular Hbond substituents is 1. The lowest BCUT2D eigenvalue weighted by Gasteiger charge is -2.07. The Morgan fingerprint density at radius 1 is 1.04 bits per heavy atom. The molecule has 0 fully saturated rings. The Bertz CT molecular complexity index is 764. The monoisotopic (exact) mass is 318 g/mol. The summed E-state index contributed by atoms with van der Waals surface area (Å²) in [5.74, 6) is -1.02. The van der Waals surface area contributed by atoms with Gasteiger partial charge in [0.15, 0.2) is 0 Å². The van der Waals surface area contributed by atoms with Crippen molar-refractivity contribution in [1.29, 1.82) is 0 Å². The van der Waals surface area contributed by atoms with Gasteiger partial charge in [-0.3, -0.25) is 20.2 Å². The van der Waals surface area contributed by atoms with Crippen LogP contribution in [0.15, 0.2) is 36.4 Å². The number of rotatable bonds is 4. The maximum atomic E-state index is 11.6. The van der Waals surface area contributed by atoms with E-state index < -0.39 is 27.2 Å². The van der Waals surface area contributed by atoms with Gasteiger partial charge in [0.05, 0.1) is 22.5 Å². The van der Waals surface area contributed by atoms with Gasteiger partial charge in [-0.2, -0.15) is 0 Å². The van der Waals surface area contributed by atoms with E-state index in [4.69, 9.17) is 0 Å². The van der Waals surface area contributed by atoms with Crippen LogP contribution >= 0.6 is 0 Å².